The van der Waals surface area contributed by atoms with E-state index in [1.54, 1.807) is 12.1 Å². The normalized spacial score (nSPS) is 24.9. The van der Waals surface area contributed by atoms with E-state index in [4.69, 9.17) is 27.9 Å². The summed E-state index contributed by atoms with van der Waals surface area (Å²) in [5, 5.41) is 15.9. The van der Waals surface area contributed by atoms with Gasteiger partial charge in [-0.2, -0.15) is 5.21 Å². The van der Waals surface area contributed by atoms with Gasteiger partial charge in [-0.3, -0.25) is 9.59 Å². The number of carbonyl (C=O) groups is 2. The van der Waals surface area contributed by atoms with Crippen LogP contribution in [0.1, 0.15) is 73.9 Å². The number of hydrazine groups is 1. The molecule has 1 aromatic heterocycles. The Morgan fingerprint density at radius 3 is 2.73 bits per heavy atom. The maximum Gasteiger partial charge on any atom is 0.281 e. The van der Waals surface area contributed by atoms with Gasteiger partial charge in [0.25, 0.3) is 6.43 Å². The number of nitrogens with zero attached hydrogens (tertiary/aromatic N) is 6. The molecule has 2 aliphatic heterocycles. The highest BCUT2D eigenvalue weighted by molar-refractivity contribution is 6.31. The molecule has 2 aliphatic carbocycles. The highest BCUT2D eigenvalue weighted by Gasteiger charge is 2.53. The maximum atomic E-state index is 14.5. The van der Waals surface area contributed by atoms with Crippen LogP contribution in [0.25, 0.3) is 0 Å². The number of fused-ring (bicyclic) bond motifs is 1. The Kier molecular flexibility index (Phi) is 8.40. The van der Waals surface area contributed by atoms with Gasteiger partial charge in [-0.25, -0.2) is 14.6 Å². The summed E-state index contributed by atoms with van der Waals surface area (Å²) in [5.41, 5.74) is 6.76. The summed E-state index contributed by atoms with van der Waals surface area (Å²) in [6.45, 7) is 0.957. The molecule has 4 aliphatic rings. The number of tetrazole rings is 1. The fraction of sp³-hybridized carbons (Fsp3) is 0.621. The first-order valence-electron chi connectivity index (χ1n) is 15.1. The van der Waals surface area contributed by atoms with Crippen LogP contribution >= 0.6 is 11.6 Å². The van der Waals surface area contributed by atoms with E-state index in [0.717, 1.165) is 42.7 Å². The Bertz CT molecular complexity index is 1420. The zero-order valence-electron chi connectivity index (χ0n) is 24.6. The fourth-order valence-electron chi connectivity index (χ4n) is 7.25. The zero-order chi connectivity index (χ0) is 31.2. The highest BCUT2D eigenvalue weighted by atomic mass is 35.5. The first kappa shape index (κ1) is 30.5. The van der Waals surface area contributed by atoms with Gasteiger partial charge in [0.2, 0.25) is 11.8 Å². The van der Waals surface area contributed by atoms with Crippen molar-refractivity contribution in [1.82, 2.24) is 35.4 Å². The third-order valence-electron chi connectivity index (χ3n) is 9.69. The van der Waals surface area contributed by atoms with Gasteiger partial charge in [-0.05, 0) is 55.2 Å². The van der Waals surface area contributed by atoms with Crippen LogP contribution in [-0.2, 0) is 16.0 Å². The Balaban J connectivity index is 1.36. The van der Waals surface area contributed by atoms with Crippen molar-refractivity contribution in [3.8, 4) is 5.75 Å². The largest absolute Gasteiger partial charge is 0.487 e. The molecule has 2 aromatic rings. The van der Waals surface area contributed by atoms with E-state index >= 15 is 0 Å². The molecule has 5 N–H and O–H groups in total. The van der Waals surface area contributed by atoms with Gasteiger partial charge in [0.15, 0.2) is 5.82 Å². The molecule has 12 nitrogen and oxygen atoms in total. The molecule has 1 spiro atoms. The number of carbonyl (C=O) groups excluding carboxylic acids is 2. The molecule has 1 aromatic carbocycles. The van der Waals surface area contributed by atoms with Crippen LogP contribution in [0.4, 0.5) is 8.78 Å². The van der Waals surface area contributed by atoms with Crippen molar-refractivity contribution in [2.45, 2.75) is 69.8 Å². The number of aromatic nitrogens is 4. The first-order chi connectivity index (χ1) is 21.1. The number of amides is 2. The summed E-state index contributed by atoms with van der Waals surface area (Å²) >= 11 is 6.72. The molecular formula is C29H38ClF2N9O3. The summed E-state index contributed by atoms with van der Waals surface area (Å²) in [5.74, 6) is 5.98. The second-order valence-corrected chi connectivity index (χ2v) is 13.0. The van der Waals surface area contributed by atoms with E-state index < -0.39 is 18.2 Å². The van der Waals surface area contributed by atoms with Gasteiger partial charge in [0, 0.05) is 55.5 Å². The number of allylic oxidation sites excluding steroid dienone is 1. The van der Waals surface area contributed by atoms with Gasteiger partial charge >= 0.3 is 0 Å². The average molecular weight is 634 g/mol. The van der Waals surface area contributed by atoms with Crippen LogP contribution in [0.5, 0.6) is 5.75 Å². The van der Waals surface area contributed by atoms with Crippen molar-refractivity contribution in [2.75, 3.05) is 33.3 Å². The van der Waals surface area contributed by atoms with Crippen LogP contribution in [-0.4, -0.2) is 87.0 Å². The van der Waals surface area contributed by atoms with Crippen LogP contribution in [0, 0.1) is 11.3 Å². The molecule has 3 unspecified atom stereocenters. The molecule has 3 fully saturated rings. The third kappa shape index (κ3) is 5.81. The van der Waals surface area contributed by atoms with Gasteiger partial charge in [0.05, 0.1) is 11.7 Å². The van der Waals surface area contributed by atoms with E-state index in [-0.39, 0.29) is 47.9 Å². The lowest BCUT2D eigenvalue weighted by atomic mass is 9.77. The number of alkyl halides is 2. The summed E-state index contributed by atoms with van der Waals surface area (Å²) in [4.78, 5) is 31.4. The molecule has 3 heterocycles. The summed E-state index contributed by atoms with van der Waals surface area (Å²) < 4.78 is 33.4. The molecule has 3 atom stereocenters. The van der Waals surface area contributed by atoms with Crippen molar-refractivity contribution < 1.29 is 23.1 Å². The third-order valence-corrected chi connectivity index (χ3v) is 10.0. The summed E-state index contributed by atoms with van der Waals surface area (Å²) in [7, 11) is 1.28. The average Bonchev–Trinajstić information content (AvgIpc) is 3.37. The predicted molar refractivity (Wildman–Crippen MR) is 156 cm³/mol. The molecule has 238 valence electrons. The maximum absolute atomic E-state index is 14.5. The lowest BCUT2D eigenvalue weighted by molar-refractivity contribution is -0.142. The van der Waals surface area contributed by atoms with Crippen LogP contribution in [0.15, 0.2) is 23.5 Å². The number of likely N-dealkylation sites (tertiary alicyclic amines) is 1. The standard InChI is InChI=1S/C29H38ClF2N9O3/c1-39(34)25(26(31)32)20(33)14-44-22-7-6-19(30)18-8-11-41(21(24(18)22)13-40-15-29(9-10-29)12-23(40)42)28(43)17-5-3-2-4-16(17)27-35-37-38-36-27/h6-7,16-17,21,26H,2-5,8-15,33-34H2,1H3,(H,35,36,37,38)/b25-20-. The molecule has 0 radical (unpaired) electrons. The van der Waals surface area contributed by atoms with Crippen molar-refractivity contribution in [3.05, 3.63) is 45.5 Å². The number of nitrogens with one attached hydrogen (secondary N) is 1. The number of hydrogen-bond acceptors (Lipinski definition) is 9. The molecule has 0 bridgehead atoms. The monoisotopic (exact) mass is 633 g/mol. The number of rotatable bonds is 9. The topological polar surface area (TPSA) is 160 Å². The number of halogens is 3. The minimum atomic E-state index is -2.90. The van der Waals surface area contributed by atoms with Gasteiger partial charge in [-0.1, -0.05) is 29.7 Å². The first-order valence-corrected chi connectivity index (χ1v) is 15.5. The molecule has 2 amide bonds. The fourth-order valence-corrected chi connectivity index (χ4v) is 7.51. The number of aromatic amines is 1. The molecule has 1 saturated heterocycles. The number of hydrogen-bond donors (Lipinski definition) is 3. The van der Waals surface area contributed by atoms with E-state index in [1.807, 2.05) is 9.80 Å². The minimum Gasteiger partial charge on any atom is -0.487 e. The number of H-pyrrole nitrogens is 1. The quantitative estimate of drug-likeness (QED) is 0.279. The predicted octanol–water partition coefficient (Wildman–Crippen LogP) is 2.89. The number of benzene rings is 1. The van der Waals surface area contributed by atoms with Crippen LogP contribution in [0.3, 0.4) is 0 Å². The zero-order valence-corrected chi connectivity index (χ0v) is 25.4. The molecular weight excluding hydrogens is 596 g/mol. The molecule has 2 saturated carbocycles. The molecule has 6 rings (SSSR count). The van der Waals surface area contributed by atoms with Crippen molar-refractivity contribution in [1.29, 1.82) is 0 Å². The smallest absolute Gasteiger partial charge is 0.281 e. The summed E-state index contributed by atoms with van der Waals surface area (Å²) in [6.07, 6.45) is 3.42. The second-order valence-electron chi connectivity index (χ2n) is 12.6. The van der Waals surface area contributed by atoms with Gasteiger partial charge in [-0.15, -0.1) is 10.2 Å². The summed E-state index contributed by atoms with van der Waals surface area (Å²) in [6, 6.07) is 2.80. The van der Waals surface area contributed by atoms with E-state index in [1.165, 1.54) is 7.05 Å². The second kappa shape index (κ2) is 12.1. The Hall–Kier alpha value is -3.52. The van der Waals surface area contributed by atoms with Gasteiger partial charge < -0.3 is 25.3 Å². The lowest BCUT2D eigenvalue weighted by Gasteiger charge is -2.43. The Morgan fingerprint density at radius 2 is 2.07 bits per heavy atom. The number of nitrogens with two attached hydrogens (primary N) is 2. The minimum absolute atomic E-state index is 0.0311. The van der Waals surface area contributed by atoms with Gasteiger partial charge in [0.1, 0.15) is 18.1 Å². The molecule has 15 heteroatoms. The van der Waals surface area contributed by atoms with Crippen molar-refractivity contribution in [2.24, 2.45) is 22.9 Å². The Labute approximate surface area is 259 Å². The van der Waals surface area contributed by atoms with E-state index in [9.17, 15) is 18.4 Å². The Morgan fingerprint density at radius 1 is 1.30 bits per heavy atom. The van der Waals surface area contributed by atoms with Crippen LogP contribution in [0.2, 0.25) is 5.02 Å². The highest BCUT2D eigenvalue weighted by Crippen LogP contribution is 2.54. The SMILES string of the molecule is CN(N)/C(=C(\N)COc1ccc(Cl)c2c1C(CN1CC3(CC3)CC1=O)N(C(=O)C1CCCCC1c1nn[nH]n1)CC2)C(F)F. The van der Waals surface area contributed by atoms with Crippen LogP contribution < -0.4 is 16.3 Å². The number of ether oxygens (including phenoxy) is 1. The van der Waals surface area contributed by atoms with Crippen molar-refractivity contribution >= 4 is 23.4 Å². The van der Waals surface area contributed by atoms with E-state index in [0.29, 0.717) is 54.5 Å². The lowest BCUT2D eigenvalue weighted by Crippen LogP contribution is -2.49. The van der Waals surface area contributed by atoms with E-state index in [2.05, 4.69) is 20.6 Å². The van der Waals surface area contributed by atoms with Crippen molar-refractivity contribution in [3.63, 3.8) is 0 Å². The molecule has 44 heavy (non-hydrogen) atoms.